The number of aromatic nitrogens is 3. The molecule has 1 N–H and O–H groups in total. The minimum Gasteiger partial charge on any atom is -0.305 e. The maximum Gasteiger partial charge on any atom is 0.164 e. The molecule has 1 aromatic carbocycles. The van der Waals surface area contributed by atoms with Crippen molar-refractivity contribution >= 4 is 11.6 Å². The Bertz CT molecular complexity index is 492. The Labute approximate surface area is 103 Å². The quantitative estimate of drug-likeness (QED) is 0.906. The van der Waals surface area contributed by atoms with Crippen LogP contribution >= 0.6 is 11.6 Å². The predicted octanol–water partition coefficient (Wildman–Crippen LogP) is 1.90. The summed E-state index contributed by atoms with van der Waals surface area (Å²) in [4.78, 5) is 4.05. The van der Waals surface area contributed by atoms with Crippen molar-refractivity contribution < 1.29 is 4.39 Å². The van der Waals surface area contributed by atoms with Crippen LogP contribution in [0, 0.1) is 5.82 Å². The van der Waals surface area contributed by atoms with Crippen LogP contribution in [0.3, 0.4) is 0 Å². The van der Waals surface area contributed by atoms with Gasteiger partial charge in [0.1, 0.15) is 12.1 Å². The fourth-order valence-electron chi connectivity index (χ4n) is 1.47. The van der Waals surface area contributed by atoms with Gasteiger partial charge >= 0.3 is 0 Å². The van der Waals surface area contributed by atoms with Gasteiger partial charge in [0.25, 0.3) is 0 Å². The van der Waals surface area contributed by atoms with Crippen LogP contribution in [0.1, 0.15) is 11.4 Å². The van der Waals surface area contributed by atoms with Gasteiger partial charge in [0.15, 0.2) is 5.82 Å². The number of rotatable bonds is 4. The van der Waals surface area contributed by atoms with Crippen LogP contribution in [0.25, 0.3) is 0 Å². The van der Waals surface area contributed by atoms with Gasteiger partial charge in [-0.2, -0.15) is 5.10 Å². The Balaban J connectivity index is 1.94. The van der Waals surface area contributed by atoms with E-state index < -0.39 is 0 Å². The van der Waals surface area contributed by atoms with Gasteiger partial charge in [-0.05, 0) is 12.1 Å². The lowest BCUT2D eigenvalue weighted by atomic mass is 10.2. The highest BCUT2D eigenvalue weighted by atomic mass is 35.5. The first kappa shape index (κ1) is 12.0. The van der Waals surface area contributed by atoms with Crippen LogP contribution in [0.2, 0.25) is 5.02 Å². The maximum atomic E-state index is 13.4. The van der Waals surface area contributed by atoms with Gasteiger partial charge in [-0.1, -0.05) is 17.7 Å². The Morgan fingerprint density at radius 1 is 1.41 bits per heavy atom. The van der Waals surface area contributed by atoms with Gasteiger partial charge in [0.2, 0.25) is 0 Å². The second-order valence-electron chi connectivity index (χ2n) is 3.64. The molecule has 0 saturated heterocycles. The zero-order valence-corrected chi connectivity index (χ0v) is 10.1. The highest BCUT2D eigenvalue weighted by molar-refractivity contribution is 6.31. The molecule has 0 fully saturated rings. The summed E-state index contributed by atoms with van der Waals surface area (Å²) < 4.78 is 15.0. The van der Waals surface area contributed by atoms with E-state index in [1.54, 1.807) is 30.2 Å². The van der Waals surface area contributed by atoms with E-state index in [9.17, 15) is 4.39 Å². The minimum absolute atomic E-state index is 0.306. The van der Waals surface area contributed by atoms with E-state index in [1.807, 2.05) is 0 Å². The lowest BCUT2D eigenvalue weighted by Gasteiger charge is -2.06. The number of nitrogens with one attached hydrogen (secondary N) is 1. The number of hydrogen-bond acceptors (Lipinski definition) is 3. The van der Waals surface area contributed by atoms with Crippen molar-refractivity contribution in [3.63, 3.8) is 0 Å². The van der Waals surface area contributed by atoms with Crippen LogP contribution in [-0.2, 0) is 20.1 Å². The fourth-order valence-corrected chi connectivity index (χ4v) is 1.70. The Kier molecular flexibility index (Phi) is 3.71. The number of benzene rings is 1. The normalized spacial score (nSPS) is 10.8. The number of aryl methyl sites for hydroxylation is 1. The molecule has 2 rings (SSSR count). The molecule has 4 nitrogen and oxygen atoms in total. The van der Waals surface area contributed by atoms with E-state index in [-0.39, 0.29) is 5.82 Å². The van der Waals surface area contributed by atoms with E-state index in [2.05, 4.69) is 15.4 Å². The second-order valence-corrected chi connectivity index (χ2v) is 4.05. The third kappa shape index (κ3) is 3.01. The molecule has 0 bridgehead atoms. The summed E-state index contributed by atoms with van der Waals surface area (Å²) in [7, 11) is 1.80. The topological polar surface area (TPSA) is 42.7 Å². The van der Waals surface area contributed by atoms with Crippen LogP contribution in [0.5, 0.6) is 0 Å². The predicted molar refractivity (Wildman–Crippen MR) is 63.0 cm³/mol. The van der Waals surface area contributed by atoms with E-state index in [4.69, 9.17) is 11.6 Å². The average Bonchev–Trinajstić information content (AvgIpc) is 2.69. The first-order chi connectivity index (χ1) is 8.16. The largest absolute Gasteiger partial charge is 0.305 e. The summed E-state index contributed by atoms with van der Waals surface area (Å²) in [6.45, 7) is 0.829. The van der Waals surface area contributed by atoms with Gasteiger partial charge in [0, 0.05) is 24.2 Å². The molecule has 90 valence electrons. The second kappa shape index (κ2) is 5.25. The van der Waals surface area contributed by atoms with Gasteiger partial charge < -0.3 is 5.32 Å². The first-order valence-electron chi connectivity index (χ1n) is 5.15. The fraction of sp³-hybridized carbons (Fsp3) is 0.273. The van der Waals surface area contributed by atoms with Crippen molar-refractivity contribution in [3.8, 4) is 0 Å². The van der Waals surface area contributed by atoms with Gasteiger partial charge in [0.05, 0.1) is 6.54 Å². The smallest absolute Gasteiger partial charge is 0.164 e. The van der Waals surface area contributed by atoms with Crippen molar-refractivity contribution in [1.29, 1.82) is 0 Å². The summed E-state index contributed by atoms with van der Waals surface area (Å²) in [5.74, 6) is 0.360. The Morgan fingerprint density at radius 3 is 2.88 bits per heavy atom. The lowest BCUT2D eigenvalue weighted by Crippen LogP contribution is -2.15. The molecule has 1 aromatic heterocycles. The molecule has 0 aliphatic heterocycles. The molecule has 17 heavy (non-hydrogen) atoms. The molecule has 0 aliphatic rings. The maximum absolute atomic E-state index is 13.4. The summed E-state index contributed by atoms with van der Waals surface area (Å²) in [6, 6.07) is 4.64. The molecule has 0 amide bonds. The van der Waals surface area contributed by atoms with Crippen molar-refractivity contribution in [2.24, 2.45) is 7.05 Å². The molecule has 2 aromatic rings. The van der Waals surface area contributed by atoms with E-state index >= 15 is 0 Å². The molecule has 0 radical (unpaired) electrons. The van der Waals surface area contributed by atoms with Gasteiger partial charge in [-0.15, -0.1) is 0 Å². The first-order valence-corrected chi connectivity index (χ1v) is 5.52. The monoisotopic (exact) mass is 254 g/mol. The summed E-state index contributed by atoms with van der Waals surface area (Å²) in [5.41, 5.74) is 0.463. The highest BCUT2D eigenvalue weighted by Crippen LogP contribution is 2.18. The summed E-state index contributed by atoms with van der Waals surface area (Å²) in [6.07, 6.45) is 1.62. The summed E-state index contributed by atoms with van der Waals surface area (Å²) >= 11 is 5.90. The van der Waals surface area contributed by atoms with Gasteiger partial charge in [-0.3, -0.25) is 4.68 Å². The lowest BCUT2D eigenvalue weighted by molar-refractivity contribution is 0.581. The third-order valence-corrected chi connectivity index (χ3v) is 2.65. The van der Waals surface area contributed by atoms with Gasteiger partial charge in [-0.25, -0.2) is 9.37 Å². The molecule has 0 aliphatic carbocycles. The van der Waals surface area contributed by atoms with Crippen LogP contribution in [0.15, 0.2) is 24.5 Å². The van der Waals surface area contributed by atoms with E-state index in [1.165, 1.54) is 6.07 Å². The molecule has 0 saturated carbocycles. The number of nitrogens with zero attached hydrogens (tertiary/aromatic N) is 3. The van der Waals surface area contributed by atoms with Crippen LogP contribution in [0.4, 0.5) is 4.39 Å². The summed E-state index contributed by atoms with van der Waals surface area (Å²) in [5, 5.41) is 7.58. The van der Waals surface area contributed by atoms with Crippen molar-refractivity contribution in [2.75, 3.05) is 0 Å². The number of hydrogen-bond donors (Lipinski definition) is 1. The Hall–Kier alpha value is -1.46. The molecule has 6 heteroatoms. The molecular weight excluding hydrogens is 243 g/mol. The van der Waals surface area contributed by atoms with E-state index in [0.717, 1.165) is 0 Å². The zero-order valence-electron chi connectivity index (χ0n) is 9.32. The molecule has 0 unspecified atom stereocenters. The zero-order chi connectivity index (χ0) is 12.3. The molecule has 1 heterocycles. The highest BCUT2D eigenvalue weighted by Gasteiger charge is 2.06. The molecule has 0 atom stereocenters. The van der Waals surface area contributed by atoms with Crippen molar-refractivity contribution in [1.82, 2.24) is 20.1 Å². The number of halogens is 2. The van der Waals surface area contributed by atoms with Crippen molar-refractivity contribution in [3.05, 3.63) is 46.8 Å². The Morgan fingerprint density at radius 2 is 2.24 bits per heavy atom. The molecular formula is C11H12ClFN4. The standard InChI is InChI=1S/C11H12ClFN4/c1-17-7-15-11(16-17)6-14-5-8-9(12)3-2-4-10(8)13/h2-4,7,14H,5-6H2,1H3. The minimum atomic E-state index is -0.306. The van der Waals surface area contributed by atoms with Crippen LogP contribution in [-0.4, -0.2) is 14.8 Å². The third-order valence-electron chi connectivity index (χ3n) is 2.29. The molecule has 0 spiro atoms. The van der Waals surface area contributed by atoms with E-state index in [0.29, 0.717) is 29.5 Å². The van der Waals surface area contributed by atoms with Crippen LogP contribution < -0.4 is 5.32 Å². The average molecular weight is 255 g/mol. The van der Waals surface area contributed by atoms with Crippen molar-refractivity contribution in [2.45, 2.75) is 13.1 Å². The SMILES string of the molecule is Cn1cnc(CNCc2c(F)cccc2Cl)n1.